The van der Waals surface area contributed by atoms with Gasteiger partial charge in [-0.3, -0.25) is 4.79 Å². The van der Waals surface area contributed by atoms with E-state index in [2.05, 4.69) is 25.3 Å². The van der Waals surface area contributed by atoms with Gasteiger partial charge in [0.1, 0.15) is 17.8 Å². The number of anilines is 2. The summed E-state index contributed by atoms with van der Waals surface area (Å²) >= 11 is 1.95. The highest BCUT2D eigenvalue weighted by molar-refractivity contribution is 7.99. The van der Waals surface area contributed by atoms with Crippen molar-refractivity contribution >= 4 is 29.0 Å². The summed E-state index contributed by atoms with van der Waals surface area (Å²) in [6.07, 6.45) is 6.99. The van der Waals surface area contributed by atoms with Crippen molar-refractivity contribution in [1.29, 1.82) is 0 Å². The molecule has 1 aliphatic rings. The maximum Gasteiger partial charge on any atom is 0.228 e. The summed E-state index contributed by atoms with van der Waals surface area (Å²) in [6, 6.07) is 7.48. The standard InChI is InChI=1S/C20H22N6O2S/c1-28-17-4-2-3-15(9-17)10-19(27)24-16-11-23-26(13-16)20-18(12-21-14-22-20)25-5-7-29-8-6-25/h2-4,9,11-14H,5-8,10H2,1H3,(H,24,27). The lowest BCUT2D eigenvalue weighted by molar-refractivity contribution is -0.115. The van der Waals surface area contributed by atoms with Gasteiger partial charge >= 0.3 is 0 Å². The lowest BCUT2D eigenvalue weighted by Gasteiger charge is -2.29. The van der Waals surface area contributed by atoms with Crippen LogP contribution in [0.1, 0.15) is 5.56 Å². The summed E-state index contributed by atoms with van der Waals surface area (Å²) in [6.45, 7) is 1.91. The zero-order chi connectivity index (χ0) is 20.1. The van der Waals surface area contributed by atoms with E-state index in [1.807, 2.05) is 42.2 Å². The molecule has 1 N–H and O–H groups in total. The van der Waals surface area contributed by atoms with Crippen LogP contribution in [0.25, 0.3) is 5.82 Å². The third-order valence-electron chi connectivity index (χ3n) is 4.61. The Hall–Kier alpha value is -3.07. The van der Waals surface area contributed by atoms with Gasteiger partial charge in [-0.15, -0.1) is 0 Å². The second-order valence-corrected chi connectivity index (χ2v) is 7.81. The Labute approximate surface area is 173 Å². The molecule has 0 unspecified atom stereocenters. The molecule has 9 heteroatoms. The van der Waals surface area contributed by atoms with E-state index in [0.717, 1.165) is 41.6 Å². The molecular formula is C20H22N6O2S. The molecule has 1 saturated heterocycles. The Morgan fingerprint density at radius 3 is 2.97 bits per heavy atom. The maximum atomic E-state index is 12.4. The van der Waals surface area contributed by atoms with Crippen LogP contribution in [-0.4, -0.2) is 57.4 Å². The van der Waals surface area contributed by atoms with Crippen molar-refractivity contribution in [3.8, 4) is 11.6 Å². The van der Waals surface area contributed by atoms with Crippen LogP contribution in [0.4, 0.5) is 11.4 Å². The number of thioether (sulfide) groups is 1. The van der Waals surface area contributed by atoms with E-state index in [9.17, 15) is 4.79 Å². The zero-order valence-electron chi connectivity index (χ0n) is 16.1. The Morgan fingerprint density at radius 2 is 2.14 bits per heavy atom. The van der Waals surface area contributed by atoms with E-state index in [0.29, 0.717) is 11.5 Å². The SMILES string of the molecule is COc1cccc(CC(=O)Nc2cnn(-c3ncncc3N3CCSCC3)c2)c1. The lowest BCUT2D eigenvalue weighted by Crippen LogP contribution is -2.33. The van der Waals surface area contributed by atoms with Gasteiger partial charge in [0.15, 0.2) is 5.82 Å². The number of methoxy groups -OCH3 is 1. The predicted octanol–water partition coefficient (Wildman–Crippen LogP) is 2.41. The van der Waals surface area contributed by atoms with Crippen LogP contribution in [0.2, 0.25) is 0 Å². The maximum absolute atomic E-state index is 12.4. The van der Waals surface area contributed by atoms with E-state index < -0.39 is 0 Å². The normalized spacial score (nSPS) is 13.9. The summed E-state index contributed by atoms with van der Waals surface area (Å²) in [5.74, 6) is 3.49. The second kappa shape index (κ2) is 8.95. The van der Waals surface area contributed by atoms with Crippen LogP contribution < -0.4 is 15.0 Å². The Bertz CT molecular complexity index is 986. The van der Waals surface area contributed by atoms with Crippen LogP contribution >= 0.6 is 11.8 Å². The number of hydrogen-bond donors (Lipinski definition) is 1. The molecule has 0 radical (unpaired) electrons. The number of nitrogens with zero attached hydrogens (tertiary/aromatic N) is 5. The van der Waals surface area contributed by atoms with Gasteiger partial charge in [0.2, 0.25) is 5.91 Å². The average Bonchev–Trinajstić information content (AvgIpc) is 3.22. The highest BCUT2D eigenvalue weighted by Gasteiger charge is 2.18. The highest BCUT2D eigenvalue weighted by Crippen LogP contribution is 2.24. The number of ether oxygens (including phenoxy) is 1. The first-order valence-corrected chi connectivity index (χ1v) is 10.5. The number of nitrogens with one attached hydrogen (secondary N) is 1. The summed E-state index contributed by atoms with van der Waals surface area (Å²) in [5, 5.41) is 7.28. The first-order valence-electron chi connectivity index (χ1n) is 9.33. The molecule has 1 aliphatic heterocycles. The summed E-state index contributed by atoms with van der Waals surface area (Å²) in [4.78, 5) is 23.3. The third kappa shape index (κ3) is 4.68. The minimum Gasteiger partial charge on any atom is -0.497 e. The van der Waals surface area contributed by atoms with Crippen LogP contribution in [0.3, 0.4) is 0 Å². The van der Waals surface area contributed by atoms with Gasteiger partial charge < -0.3 is 15.0 Å². The van der Waals surface area contributed by atoms with Crippen LogP contribution in [0, 0.1) is 0 Å². The zero-order valence-corrected chi connectivity index (χ0v) is 16.9. The number of amides is 1. The quantitative estimate of drug-likeness (QED) is 0.668. The monoisotopic (exact) mass is 410 g/mol. The third-order valence-corrected chi connectivity index (χ3v) is 5.55. The molecule has 4 rings (SSSR count). The van der Waals surface area contributed by atoms with Crippen molar-refractivity contribution in [2.75, 3.05) is 41.9 Å². The largest absolute Gasteiger partial charge is 0.497 e. The Balaban J connectivity index is 1.47. The van der Waals surface area contributed by atoms with Crippen molar-refractivity contribution < 1.29 is 9.53 Å². The Kier molecular flexibility index (Phi) is 5.95. The van der Waals surface area contributed by atoms with E-state index in [-0.39, 0.29) is 12.3 Å². The predicted molar refractivity (Wildman–Crippen MR) is 114 cm³/mol. The van der Waals surface area contributed by atoms with Gasteiger partial charge in [0.05, 0.1) is 37.8 Å². The molecule has 29 heavy (non-hydrogen) atoms. The second-order valence-electron chi connectivity index (χ2n) is 6.58. The fourth-order valence-corrected chi connectivity index (χ4v) is 4.10. The number of rotatable bonds is 6. The smallest absolute Gasteiger partial charge is 0.228 e. The fraction of sp³-hybridized carbons (Fsp3) is 0.300. The number of carbonyl (C=O) groups excluding carboxylic acids is 1. The number of benzene rings is 1. The minimum atomic E-state index is -0.117. The molecule has 0 aliphatic carbocycles. The summed E-state index contributed by atoms with van der Waals surface area (Å²) in [7, 11) is 1.61. The Morgan fingerprint density at radius 1 is 1.28 bits per heavy atom. The molecule has 0 bridgehead atoms. The number of hydrogen-bond acceptors (Lipinski definition) is 7. The minimum absolute atomic E-state index is 0.117. The molecule has 1 aromatic carbocycles. The van der Waals surface area contributed by atoms with E-state index in [4.69, 9.17) is 4.74 Å². The average molecular weight is 411 g/mol. The fourth-order valence-electron chi connectivity index (χ4n) is 3.20. The van der Waals surface area contributed by atoms with E-state index in [1.165, 1.54) is 6.33 Å². The van der Waals surface area contributed by atoms with Crippen LogP contribution in [0.15, 0.2) is 49.2 Å². The molecule has 1 fully saturated rings. The highest BCUT2D eigenvalue weighted by atomic mass is 32.2. The number of aromatic nitrogens is 4. The van der Waals surface area contributed by atoms with Crippen molar-refractivity contribution in [2.45, 2.75) is 6.42 Å². The van der Waals surface area contributed by atoms with Crippen molar-refractivity contribution in [1.82, 2.24) is 19.7 Å². The summed E-state index contributed by atoms with van der Waals surface area (Å²) < 4.78 is 6.89. The molecule has 0 atom stereocenters. The van der Waals surface area contributed by atoms with Crippen molar-refractivity contribution in [3.63, 3.8) is 0 Å². The molecule has 3 aromatic rings. The van der Waals surface area contributed by atoms with Gasteiger partial charge in [-0.2, -0.15) is 16.9 Å². The molecule has 2 aromatic heterocycles. The summed E-state index contributed by atoms with van der Waals surface area (Å²) in [5.41, 5.74) is 2.46. The molecule has 150 valence electrons. The van der Waals surface area contributed by atoms with Gasteiger partial charge in [-0.05, 0) is 17.7 Å². The van der Waals surface area contributed by atoms with Gasteiger partial charge in [-0.1, -0.05) is 12.1 Å². The number of carbonyl (C=O) groups is 1. The topological polar surface area (TPSA) is 85.2 Å². The molecule has 0 saturated carbocycles. The van der Waals surface area contributed by atoms with Crippen molar-refractivity contribution in [2.24, 2.45) is 0 Å². The van der Waals surface area contributed by atoms with Gasteiger partial charge in [0.25, 0.3) is 0 Å². The van der Waals surface area contributed by atoms with Gasteiger partial charge in [0, 0.05) is 24.6 Å². The van der Waals surface area contributed by atoms with E-state index >= 15 is 0 Å². The first kappa shape index (κ1) is 19.3. The molecule has 0 spiro atoms. The lowest BCUT2D eigenvalue weighted by atomic mass is 10.1. The van der Waals surface area contributed by atoms with E-state index in [1.54, 1.807) is 24.2 Å². The molecule has 1 amide bonds. The molecule has 3 heterocycles. The van der Waals surface area contributed by atoms with Crippen molar-refractivity contribution in [3.05, 3.63) is 54.7 Å². The van der Waals surface area contributed by atoms with Crippen LogP contribution in [-0.2, 0) is 11.2 Å². The van der Waals surface area contributed by atoms with Gasteiger partial charge in [-0.25, -0.2) is 14.6 Å². The molecular weight excluding hydrogens is 388 g/mol. The first-order chi connectivity index (χ1) is 14.2. The molecule has 8 nitrogen and oxygen atoms in total. The van der Waals surface area contributed by atoms with Crippen LogP contribution in [0.5, 0.6) is 5.75 Å².